The average Bonchev–Trinajstić information content (AvgIpc) is 3.06. The van der Waals surface area contributed by atoms with Gasteiger partial charge in [0.25, 0.3) is 0 Å². The molecule has 0 bridgehead atoms. The lowest BCUT2D eigenvalue weighted by Gasteiger charge is -2.10. The van der Waals surface area contributed by atoms with Crippen LogP contribution in [0.2, 0.25) is 5.02 Å². The third kappa shape index (κ3) is 3.85. The summed E-state index contributed by atoms with van der Waals surface area (Å²) in [7, 11) is -2.20. The van der Waals surface area contributed by atoms with E-state index in [-0.39, 0.29) is 10.5 Å². The first kappa shape index (κ1) is 20.1. The second kappa shape index (κ2) is 7.79. The molecule has 1 aromatic carbocycles. The lowest BCUT2D eigenvalue weighted by molar-refractivity contribution is 0.0596. The topological polar surface area (TPSA) is 73.3 Å². The Balaban J connectivity index is 2.24. The summed E-state index contributed by atoms with van der Waals surface area (Å²) in [6.07, 6.45) is 1.37. The van der Waals surface area contributed by atoms with Gasteiger partial charge in [-0.3, -0.25) is 4.98 Å². The molecule has 0 fully saturated rings. The molecule has 0 amide bonds. The predicted octanol–water partition coefficient (Wildman–Crippen LogP) is 5.07. The van der Waals surface area contributed by atoms with Crippen LogP contribution in [0.3, 0.4) is 0 Å². The molecular formula is C18H16ClNO4S3. The summed E-state index contributed by atoms with van der Waals surface area (Å²) in [5, 5.41) is 1.58. The van der Waals surface area contributed by atoms with Gasteiger partial charge in [0, 0.05) is 26.4 Å². The van der Waals surface area contributed by atoms with Crippen molar-refractivity contribution in [1.82, 2.24) is 4.98 Å². The van der Waals surface area contributed by atoms with Crippen LogP contribution in [0.4, 0.5) is 0 Å². The number of hydrogen-bond donors (Lipinski definition) is 0. The molecule has 0 aliphatic carbocycles. The van der Waals surface area contributed by atoms with E-state index in [0.29, 0.717) is 20.1 Å². The number of rotatable bonds is 5. The van der Waals surface area contributed by atoms with Gasteiger partial charge in [0.15, 0.2) is 9.84 Å². The highest BCUT2D eigenvalue weighted by molar-refractivity contribution is 7.99. The zero-order valence-electron chi connectivity index (χ0n) is 14.7. The first-order valence-corrected chi connectivity index (χ1v) is 11.5. The molecule has 2 aromatic heterocycles. The second-order valence-electron chi connectivity index (χ2n) is 5.92. The summed E-state index contributed by atoms with van der Waals surface area (Å²) in [5.74, 6) is -0.532. The van der Waals surface area contributed by atoms with Gasteiger partial charge in [-0.1, -0.05) is 29.4 Å². The molecule has 0 unspecified atom stereocenters. The number of carbonyl (C=O) groups excluding carboxylic acids is 1. The molecule has 3 rings (SSSR count). The van der Waals surface area contributed by atoms with Crippen LogP contribution in [0.15, 0.2) is 50.5 Å². The van der Waals surface area contributed by atoms with Crippen molar-refractivity contribution in [3.8, 4) is 0 Å². The summed E-state index contributed by atoms with van der Waals surface area (Å²) >= 11 is 8.64. The maximum atomic E-state index is 12.6. The van der Waals surface area contributed by atoms with Gasteiger partial charge in [0.2, 0.25) is 0 Å². The molecule has 0 saturated heterocycles. The van der Waals surface area contributed by atoms with Gasteiger partial charge in [0.05, 0.1) is 22.6 Å². The average molecular weight is 442 g/mol. The van der Waals surface area contributed by atoms with Crippen LogP contribution in [0.5, 0.6) is 0 Å². The van der Waals surface area contributed by atoms with Gasteiger partial charge < -0.3 is 4.74 Å². The molecule has 0 saturated carbocycles. The molecule has 9 heteroatoms. The number of halogens is 1. The van der Waals surface area contributed by atoms with Crippen LogP contribution in [0.1, 0.15) is 24.2 Å². The zero-order chi connectivity index (χ0) is 19.8. The normalized spacial score (nSPS) is 11.9. The van der Waals surface area contributed by atoms with Gasteiger partial charge in [-0.05, 0) is 32.0 Å². The largest absolute Gasteiger partial charge is 0.465 e. The molecule has 5 nitrogen and oxygen atoms in total. The molecular weight excluding hydrogens is 426 g/mol. The number of methoxy groups -OCH3 is 1. The van der Waals surface area contributed by atoms with Crippen molar-refractivity contribution >= 4 is 60.7 Å². The van der Waals surface area contributed by atoms with E-state index in [9.17, 15) is 13.2 Å². The molecule has 0 atom stereocenters. The van der Waals surface area contributed by atoms with E-state index in [1.807, 2.05) is 12.1 Å². The zero-order valence-corrected chi connectivity index (χ0v) is 17.9. The van der Waals surface area contributed by atoms with Gasteiger partial charge in [-0.25, -0.2) is 13.2 Å². The Morgan fingerprint density at radius 3 is 2.70 bits per heavy atom. The van der Waals surface area contributed by atoms with Gasteiger partial charge >= 0.3 is 5.97 Å². The number of aromatic nitrogens is 1. The number of benzene rings is 1. The highest BCUT2D eigenvalue weighted by Crippen LogP contribution is 2.41. The summed E-state index contributed by atoms with van der Waals surface area (Å²) in [6, 6.07) is 7.21. The second-order valence-corrected chi connectivity index (χ2v) is 10.8. The Labute approximate surface area is 170 Å². The molecule has 0 N–H and O–H groups in total. The standard InChI is InChI=1S/C18H16ClNO4S3/c1-10(2)27(22,23)14-9-25-17-15(14)20-8-13(18(21)24-3)16(17)26-12-6-4-5-11(19)7-12/h4-10H,1-3H3. The number of nitrogens with zero attached hydrogens (tertiary/aromatic N) is 1. The summed E-state index contributed by atoms with van der Waals surface area (Å²) < 4.78 is 30.8. The van der Waals surface area contributed by atoms with E-state index >= 15 is 0 Å². The smallest absolute Gasteiger partial charge is 0.340 e. The van der Waals surface area contributed by atoms with Gasteiger partial charge in [0.1, 0.15) is 10.4 Å². The van der Waals surface area contributed by atoms with Crippen LogP contribution in [0, 0.1) is 0 Å². The van der Waals surface area contributed by atoms with Crippen molar-refractivity contribution in [1.29, 1.82) is 0 Å². The minimum Gasteiger partial charge on any atom is -0.465 e. The van der Waals surface area contributed by atoms with E-state index in [1.54, 1.807) is 31.4 Å². The summed E-state index contributed by atoms with van der Waals surface area (Å²) in [4.78, 5) is 18.1. The molecule has 0 radical (unpaired) electrons. The minimum absolute atomic E-state index is 0.182. The Bertz CT molecular complexity index is 1120. The fourth-order valence-corrected chi connectivity index (χ4v) is 6.42. The number of pyridine rings is 1. The van der Waals surface area contributed by atoms with Crippen molar-refractivity contribution in [3.05, 3.63) is 46.4 Å². The number of hydrogen-bond acceptors (Lipinski definition) is 7. The van der Waals surface area contributed by atoms with Crippen molar-refractivity contribution in [2.75, 3.05) is 7.11 Å². The number of thiophene rings is 1. The summed E-state index contributed by atoms with van der Waals surface area (Å²) in [5.41, 5.74) is 0.649. The van der Waals surface area contributed by atoms with E-state index in [4.69, 9.17) is 16.3 Å². The van der Waals surface area contributed by atoms with E-state index in [2.05, 4.69) is 4.98 Å². The SMILES string of the molecule is COC(=O)c1cnc2c(S(=O)(=O)C(C)C)csc2c1Sc1cccc(Cl)c1. The van der Waals surface area contributed by atoms with Crippen molar-refractivity contribution in [3.63, 3.8) is 0 Å². The molecule has 142 valence electrons. The highest BCUT2D eigenvalue weighted by atomic mass is 35.5. The lowest BCUT2D eigenvalue weighted by Crippen LogP contribution is -2.13. The molecule has 0 aliphatic rings. The fraction of sp³-hybridized carbons (Fsp3) is 0.222. The van der Waals surface area contributed by atoms with E-state index in [1.165, 1.54) is 36.4 Å². The van der Waals surface area contributed by atoms with Crippen LogP contribution in [0.25, 0.3) is 10.2 Å². The number of esters is 1. The van der Waals surface area contributed by atoms with Crippen LogP contribution in [-0.4, -0.2) is 31.7 Å². The Morgan fingerprint density at radius 1 is 1.33 bits per heavy atom. The Hall–Kier alpha value is -1.61. The van der Waals surface area contributed by atoms with E-state index in [0.717, 1.165) is 4.90 Å². The third-order valence-electron chi connectivity index (χ3n) is 3.85. The first-order chi connectivity index (χ1) is 12.8. The van der Waals surface area contributed by atoms with Crippen molar-refractivity contribution in [2.45, 2.75) is 33.8 Å². The Morgan fingerprint density at radius 2 is 2.07 bits per heavy atom. The van der Waals surface area contributed by atoms with Crippen LogP contribution in [-0.2, 0) is 14.6 Å². The number of fused-ring (bicyclic) bond motifs is 1. The van der Waals surface area contributed by atoms with Gasteiger partial charge in [-0.15, -0.1) is 11.3 Å². The quantitative estimate of drug-likeness (QED) is 0.514. The lowest BCUT2D eigenvalue weighted by atomic mass is 10.2. The number of ether oxygens (including phenoxy) is 1. The fourth-order valence-electron chi connectivity index (χ4n) is 2.39. The maximum absolute atomic E-state index is 12.6. The number of carbonyl (C=O) groups is 1. The van der Waals surface area contributed by atoms with Crippen LogP contribution < -0.4 is 0 Å². The maximum Gasteiger partial charge on any atom is 0.340 e. The third-order valence-corrected chi connectivity index (χ3v) is 8.64. The van der Waals surface area contributed by atoms with Gasteiger partial charge in [-0.2, -0.15) is 0 Å². The Kier molecular flexibility index (Phi) is 5.81. The molecule has 27 heavy (non-hydrogen) atoms. The molecule has 3 aromatic rings. The monoisotopic (exact) mass is 441 g/mol. The molecule has 0 aliphatic heterocycles. The van der Waals surface area contributed by atoms with E-state index < -0.39 is 21.1 Å². The highest BCUT2D eigenvalue weighted by Gasteiger charge is 2.27. The minimum atomic E-state index is -3.49. The molecule has 2 heterocycles. The predicted molar refractivity (Wildman–Crippen MR) is 109 cm³/mol. The first-order valence-electron chi connectivity index (χ1n) is 7.91. The summed E-state index contributed by atoms with van der Waals surface area (Å²) in [6.45, 7) is 3.26. The van der Waals surface area contributed by atoms with Crippen molar-refractivity contribution < 1.29 is 17.9 Å². The number of sulfone groups is 1. The van der Waals surface area contributed by atoms with Crippen molar-refractivity contribution in [2.24, 2.45) is 0 Å². The van der Waals surface area contributed by atoms with Crippen LogP contribution >= 0.6 is 34.7 Å². The molecule has 0 spiro atoms.